The normalized spacial score (nSPS) is 33.4. The molecule has 2 aliphatic rings. The number of morpholine rings is 1. The third kappa shape index (κ3) is 2.21. The largest absolute Gasteiger partial charge is 0.375 e. The lowest BCUT2D eigenvalue weighted by atomic mass is 10.2. The number of amides is 1. The Labute approximate surface area is 88.4 Å². The molecule has 5 heteroatoms. The van der Waals surface area contributed by atoms with Crippen molar-refractivity contribution < 1.29 is 9.53 Å². The summed E-state index contributed by atoms with van der Waals surface area (Å²) in [6.45, 7) is 4.16. The van der Waals surface area contributed by atoms with Crippen LogP contribution in [0.4, 0.5) is 0 Å². The molecule has 0 bridgehead atoms. The van der Waals surface area contributed by atoms with Crippen LogP contribution < -0.4 is 5.32 Å². The second kappa shape index (κ2) is 4.51. The third-order valence-corrected chi connectivity index (χ3v) is 3.51. The van der Waals surface area contributed by atoms with Crippen molar-refractivity contribution >= 4 is 17.7 Å². The molecule has 2 rings (SSSR count). The fourth-order valence-corrected chi connectivity index (χ4v) is 2.73. The minimum atomic E-state index is 0.0327. The van der Waals surface area contributed by atoms with E-state index in [0.29, 0.717) is 6.61 Å². The van der Waals surface area contributed by atoms with Crippen LogP contribution in [0.2, 0.25) is 0 Å². The summed E-state index contributed by atoms with van der Waals surface area (Å²) in [4.78, 5) is 13.9. The van der Waals surface area contributed by atoms with Crippen molar-refractivity contribution in [1.29, 1.82) is 0 Å². The first kappa shape index (κ1) is 10.3. The SMILES string of the molecule is CC1CN(C(=O)C2CSCN2)CCO1. The highest BCUT2D eigenvalue weighted by Gasteiger charge is 2.29. The van der Waals surface area contributed by atoms with Gasteiger partial charge in [-0.2, -0.15) is 0 Å². The van der Waals surface area contributed by atoms with Crippen LogP contribution in [0, 0.1) is 0 Å². The van der Waals surface area contributed by atoms with E-state index in [4.69, 9.17) is 4.74 Å². The number of nitrogens with zero attached hydrogens (tertiary/aromatic N) is 1. The Balaban J connectivity index is 1.89. The maximum absolute atomic E-state index is 11.9. The summed E-state index contributed by atoms with van der Waals surface area (Å²) >= 11 is 1.79. The minimum Gasteiger partial charge on any atom is -0.375 e. The molecular formula is C9H16N2O2S. The predicted molar refractivity (Wildman–Crippen MR) is 56.2 cm³/mol. The number of hydrogen-bond acceptors (Lipinski definition) is 4. The Bertz CT molecular complexity index is 219. The topological polar surface area (TPSA) is 41.6 Å². The number of carbonyl (C=O) groups is 1. The van der Waals surface area contributed by atoms with Gasteiger partial charge in [0.1, 0.15) is 0 Å². The van der Waals surface area contributed by atoms with Crippen LogP contribution in [0.1, 0.15) is 6.92 Å². The molecule has 0 aromatic rings. The molecule has 2 unspecified atom stereocenters. The maximum Gasteiger partial charge on any atom is 0.240 e. The number of hydrogen-bond donors (Lipinski definition) is 1. The first-order valence-corrected chi connectivity index (χ1v) is 6.14. The fraction of sp³-hybridized carbons (Fsp3) is 0.889. The van der Waals surface area contributed by atoms with E-state index in [1.165, 1.54) is 0 Å². The van der Waals surface area contributed by atoms with Gasteiger partial charge in [0, 0.05) is 24.7 Å². The van der Waals surface area contributed by atoms with Crippen molar-refractivity contribution in [3.05, 3.63) is 0 Å². The van der Waals surface area contributed by atoms with Crippen molar-refractivity contribution in [2.45, 2.75) is 19.1 Å². The van der Waals surface area contributed by atoms with Gasteiger partial charge in [-0.1, -0.05) is 0 Å². The molecule has 80 valence electrons. The number of thioether (sulfide) groups is 1. The van der Waals surface area contributed by atoms with Gasteiger partial charge in [-0.05, 0) is 6.92 Å². The van der Waals surface area contributed by atoms with Crippen LogP contribution in [-0.4, -0.2) is 54.3 Å². The van der Waals surface area contributed by atoms with E-state index in [0.717, 1.165) is 24.7 Å². The molecule has 2 atom stereocenters. The Morgan fingerprint density at radius 1 is 1.64 bits per heavy atom. The fourth-order valence-electron chi connectivity index (χ4n) is 1.79. The molecule has 2 heterocycles. The highest BCUT2D eigenvalue weighted by molar-refractivity contribution is 7.99. The van der Waals surface area contributed by atoms with Crippen LogP contribution in [0.3, 0.4) is 0 Å². The van der Waals surface area contributed by atoms with Gasteiger partial charge in [0.15, 0.2) is 0 Å². The second-order valence-electron chi connectivity index (χ2n) is 3.74. The van der Waals surface area contributed by atoms with E-state index in [9.17, 15) is 4.79 Å². The maximum atomic E-state index is 11.9. The van der Waals surface area contributed by atoms with Gasteiger partial charge in [0.25, 0.3) is 0 Å². The summed E-state index contributed by atoms with van der Waals surface area (Å²) in [5.41, 5.74) is 0. The lowest BCUT2D eigenvalue weighted by Gasteiger charge is -2.32. The third-order valence-electron chi connectivity index (χ3n) is 2.57. The highest BCUT2D eigenvalue weighted by Crippen LogP contribution is 2.13. The molecule has 2 aliphatic heterocycles. The molecule has 1 N–H and O–H groups in total. The van der Waals surface area contributed by atoms with E-state index >= 15 is 0 Å². The molecule has 4 nitrogen and oxygen atoms in total. The molecule has 0 spiro atoms. The molecular weight excluding hydrogens is 200 g/mol. The number of rotatable bonds is 1. The predicted octanol–water partition coefficient (Wildman–Crippen LogP) is -0.104. The molecule has 0 saturated carbocycles. The molecule has 0 radical (unpaired) electrons. The van der Waals surface area contributed by atoms with Crippen LogP contribution in [0.5, 0.6) is 0 Å². The molecule has 1 amide bonds. The average Bonchev–Trinajstić information content (AvgIpc) is 2.69. The zero-order valence-corrected chi connectivity index (χ0v) is 9.18. The Morgan fingerprint density at radius 2 is 2.50 bits per heavy atom. The van der Waals surface area contributed by atoms with Crippen molar-refractivity contribution in [2.24, 2.45) is 0 Å². The highest BCUT2D eigenvalue weighted by atomic mass is 32.2. The monoisotopic (exact) mass is 216 g/mol. The summed E-state index contributed by atoms with van der Waals surface area (Å²) in [6.07, 6.45) is 0.182. The Hall–Kier alpha value is -0.260. The van der Waals surface area contributed by atoms with Crippen LogP contribution in [-0.2, 0) is 9.53 Å². The van der Waals surface area contributed by atoms with E-state index in [2.05, 4.69) is 5.32 Å². The van der Waals surface area contributed by atoms with Crippen molar-refractivity contribution in [3.8, 4) is 0 Å². The Kier molecular flexibility index (Phi) is 3.30. The minimum absolute atomic E-state index is 0.0327. The lowest BCUT2D eigenvalue weighted by Crippen LogP contribution is -2.51. The van der Waals surface area contributed by atoms with Crippen molar-refractivity contribution in [1.82, 2.24) is 10.2 Å². The molecule has 14 heavy (non-hydrogen) atoms. The Morgan fingerprint density at radius 3 is 3.14 bits per heavy atom. The van der Waals surface area contributed by atoms with Crippen molar-refractivity contribution in [3.63, 3.8) is 0 Å². The number of ether oxygens (including phenoxy) is 1. The second-order valence-corrected chi connectivity index (χ2v) is 4.77. The van der Waals surface area contributed by atoms with E-state index < -0.39 is 0 Å². The first-order chi connectivity index (χ1) is 6.77. The summed E-state index contributed by atoms with van der Waals surface area (Å²) in [6, 6.07) is 0.0327. The molecule has 2 saturated heterocycles. The molecule has 0 aromatic heterocycles. The zero-order chi connectivity index (χ0) is 9.97. The van der Waals surface area contributed by atoms with E-state index in [1.807, 2.05) is 11.8 Å². The van der Waals surface area contributed by atoms with Crippen LogP contribution >= 0.6 is 11.8 Å². The summed E-state index contributed by atoms with van der Waals surface area (Å²) < 4.78 is 5.40. The molecule has 0 aliphatic carbocycles. The van der Waals surface area contributed by atoms with Gasteiger partial charge in [-0.25, -0.2) is 0 Å². The van der Waals surface area contributed by atoms with Gasteiger partial charge in [0.05, 0.1) is 18.8 Å². The van der Waals surface area contributed by atoms with Gasteiger partial charge >= 0.3 is 0 Å². The van der Waals surface area contributed by atoms with Gasteiger partial charge in [-0.3, -0.25) is 10.1 Å². The summed E-state index contributed by atoms with van der Waals surface area (Å²) in [7, 11) is 0. The van der Waals surface area contributed by atoms with E-state index in [1.54, 1.807) is 11.8 Å². The smallest absolute Gasteiger partial charge is 0.240 e. The number of carbonyl (C=O) groups excluding carboxylic acids is 1. The zero-order valence-electron chi connectivity index (χ0n) is 8.36. The molecule has 0 aromatic carbocycles. The van der Waals surface area contributed by atoms with Gasteiger partial charge in [-0.15, -0.1) is 11.8 Å². The van der Waals surface area contributed by atoms with Gasteiger partial charge < -0.3 is 9.64 Å². The lowest BCUT2D eigenvalue weighted by molar-refractivity contribution is -0.139. The average molecular weight is 216 g/mol. The number of nitrogens with one attached hydrogen (secondary N) is 1. The van der Waals surface area contributed by atoms with Crippen molar-refractivity contribution in [2.75, 3.05) is 31.3 Å². The van der Waals surface area contributed by atoms with Crippen LogP contribution in [0.25, 0.3) is 0 Å². The summed E-state index contributed by atoms with van der Waals surface area (Å²) in [5.74, 6) is 2.05. The molecule has 2 fully saturated rings. The van der Waals surface area contributed by atoms with Gasteiger partial charge in [0.2, 0.25) is 5.91 Å². The van der Waals surface area contributed by atoms with Crippen LogP contribution in [0.15, 0.2) is 0 Å². The quantitative estimate of drug-likeness (QED) is 0.664. The standard InChI is InChI=1S/C9H16N2O2S/c1-7-4-11(2-3-13-7)9(12)8-5-14-6-10-8/h7-8,10H,2-6H2,1H3. The summed E-state index contributed by atoms with van der Waals surface area (Å²) in [5, 5.41) is 3.20. The first-order valence-electron chi connectivity index (χ1n) is 4.99. The van der Waals surface area contributed by atoms with E-state index in [-0.39, 0.29) is 18.1 Å².